The van der Waals surface area contributed by atoms with Crippen LogP contribution in [-0.4, -0.2) is 23.0 Å². The first-order valence-corrected chi connectivity index (χ1v) is 5.43. The molecule has 0 aliphatic carbocycles. The maximum atomic E-state index is 11.3. The van der Waals surface area contributed by atoms with Crippen molar-refractivity contribution in [3.05, 3.63) is 0 Å². The van der Waals surface area contributed by atoms with E-state index in [4.69, 9.17) is 5.11 Å². The third-order valence-corrected chi connectivity index (χ3v) is 2.07. The van der Waals surface area contributed by atoms with E-state index in [0.717, 1.165) is 6.42 Å². The minimum absolute atomic E-state index is 0.0489. The third-order valence-electron chi connectivity index (χ3n) is 2.07. The van der Waals surface area contributed by atoms with Crippen molar-refractivity contribution in [2.45, 2.75) is 52.5 Å². The second-order valence-electron chi connectivity index (χ2n) is 4.32. The van der Waals surface area contributed by atoms with E-state index >= 15 is 0 Å². The number of carboxylic acid groups (broad SMARTS) is 1. The summed E-state index contributed by atoms with van der Waals surface area (Å²) in [6.07, 6.45) is 2.11. The monoisotopic (exact) mass is 215 g/mol. The number of hydrogen-bond donors (Lipinski definition) is 2. The predicted molar refractivity (Wildman–Crippen MR) is 58.5 cm³/mol. The number of rotatable bonds is 7. The van der Waals surface area contributed by atoms with Crippen molar-refractivity contribution in [2.75, 3.05) is 0 Å². The molecule has 0 saturated heterocycles. The fourth-order valence-corrected chi connectivity index (χ4v) is 1.40. The molecule has 0 spiro atoms. The molecule has 0 aromatic rings. The molecular weight excluding hydrogens is 194 g/mol. The summed E-state index contributed by atoms with van der Waals surface area (Å²) in [5.41, 5.74) is 0. The predicted octanol–water partition coefficient (Wildman–Crippen LogP) is 1.79. The number of aliphatic carboxylic acids is 1. The van der Waals surface area contributed by atoms with Crippen molar-refractivity contribution in [3.8, 4) is 0 Å². The Morgan fingerprint density at radius 1 is 1.27 bits per heavy atom. The maximum Gasteiger partial charge on any atom is 0.303 e. The third kappa shape index (κ3) is 9.25. The highest BCUT2D eigenvalue weighted by Gasteiger charge is 2.10. The van der Waals surface area contributed by atoms with Crippen LogP contribution >= 0.6 is 0 Å². The Hall–Kier alpha value is -1.06. The highest BCUT2D eigenvalue weighted by molar-refractivity contribution is 5.76. The van der Waals surface area contributed by atoms with Gasteiger partial charge >= 0.3 is 5.97 Å². The maximum absolute atomic E-state index is 11.3. The van der Waals surface area contributed by atoms with Crippen molar-refractivity contribution in [3.63, 3.8) is 0 Å². The second kappa shape index (κ2) is 7.26. The van der Waals surface area contributed by atoms with Crippen molar-refractivity contribution >= 4 is 11.9 Å². The van der Waals surface area contributed by atoms with Gasteiger partial charge in [-0.25, -0.2) is 0 Å². The summed E-state index contributed by atoms with van der Waals surface area (Å²) in [4.78, 5) is 21.6. The van der Waals surface area contributed by atoms with E-state index in [1.165, 1.54) is 0 Å². The van der Waals surface area contributed by atoms with Gasteiger partial charge < -0.3 is 10.4 Å². The minimum Gasteiger partial charge on any atom is -0.481 e. The molecule has 1 unspecified atom stereocenters. The first-order valence-electron chi connectivity index (χ1n) is 5.43. The zero-order valence-electron chi connectivity index (χ0n) is 9.75. The molecule has 4 heteroatoms. The topological polar surface area (TPSA) is 66.4 Å². The molecule has 88 valence electrons. The summed E-state index contributed by atoms with van der Waals surface area (Å²) in [6.45, 7) is 5.82. The SMILES string of the molecule is CC(CCCC(=O)O)CC(=O)NC(C)C. The molecule has 0 saturated carbocycles. The molecule has 0 bridgehead atoms. The Balaban J connectivity index is 3.59. The van der Waals surface area contributed by atoms with Gasteiger partial charge in [0, 0.05) is 18.9 Å². The van der Waals surface area contributed by atoms with Crippen LogP contribution in [0.25, 0.3) is 0 Å². The van der Waals surface area contributed by atoms with Gasteiger partial charge in [-0.3, -0.25) is 9.59 Å². The highest BCUT2D eigenvalue weighted by atomic mass is 16.4. The van der Waals surface area contributed by atoms with Crippen LogP contribution in [0.4, 0.5) is 0 Å². The molecule has 1 amide bonds. The lowest BCUT2D eigenvalue weighted by Gasteiger charge is -2.12. The van der Waals surface area contributed by atoms with Crippen LogP contribution in [0.15, 0.2) is 0 Å². The summed E-state index contributed by atoms with van der Waals surface area (Å²) in [7, 11) is 0. The van der Waals surface area contributed by atoms with E-state index in [9.17, 15) is 9.59 Å². The number of hydrogen-bond acceptors (Lipinski definition) is 2. The molecule has 0 fully saturated rings. The Labute approximate surface area is 91.1 Å². The fraction of sp³-hybridized carbons (Fsp3) is 0.818. The first-order chi connectivity index (χ1) is 6.91. The Morgan fingerprint density at radius 3 is 2.33 bits per heavy atom. The van der Waals surface area contributed by atoms with Gasteiger partial charge in [0.05, 0.1) is 0 Å². The van der Waals surface area contributed by atoms with Crippen LogP contribution in [0, 0.1) is 5.92 Å². The molecule has 15 heavy (non-hydrogen) atoms. The fourth-order valence-electron chi connectivity index (χ4n) is 1.40. The summed E-state index contributed by atoms with van der Waals surface area (Å²) < 4.78 is 0. The minimum atomic E-state index is -0.770. The largest absolute Gasteiger partial charge is 0.481 e. The van der Waals surface area contributed by atoms with Crippen LogP contribution in [0.5, 0.6) is 0 Å². The summed E-state index contributed by atoms with van der Waals surface area (Å²) in [5, 5.41) is 11.3. The Morgan fingerprint density at radius 2 is 1.87 bits per heavy atom. The number of carbonyl (C=O) groups is 2. The zero-order valence-corrected chi connectivity index (χ0v) is 9.75. The standard InChI is InChI=1S/C11H21NO3/c1-8(2)12-10(13)7-9(3)5-4-6-11(14)15/h8-9H,4-7H2,1-3H3,(H,12,13)(H,14,15). The number of nitrogens with one attached hydrogen (secondary N) is 1. The Kier molecular flexibility index (Phi) is 6.75. The van der Waals surface area contributed by atoms with Gasteiger partial charge in [0.1, 0.15) is 0 Å². The number of carbonyl (C=O) groups excluding carboxylic acids is 1. The number of amides is 1. The molecule has 2 N–H and O–H groups in total. The van der Waals surface area contributed by atoms with Gasteiger partial charge in [-0.05, 0) is 32.6 Å². The van der Waals surface area contributed by atoms with Crippen molar-refractivity contribution in [2.24, 2.45) is 5.92 Å². The number of carboxylic acids is 1. The van der Waals surface area contributed by atoms with E-state index < -0.39 is 5.97 Å². The van der Waals surface area contributed by atoms with Gasteiger partial charge in [0.15, 0.2) is 0 Å². The van der Waals surface area contributed by atoms with E-state index in [1.807, 2.05) is 20.8 Å². The lowest BCUT2D eigenvalue weighted by Crippen LogP contribution is -2.31. The second-order valence-corrected chi connectivity index (χ2v) is 4.32. The van der Waals surface area contributed by atoms with Gasteiger partial charge in [-0.15, -0.1) is 0 Å². The van der Waals surface area contributed by atoms with E-state index in [2.05, 4.69) is 5.32 Å². The molecule has 0 rings (SSSR count). The normalized spacial score (nSPS) is 12.5. The van der Waals surface area contributed by atoms with Crippen LogP contribution in [0.1, 0.15) is 46.5 Å². The summed E-state index contributed by atoms with van der Waals surface area (Å²) in [6, 6.07) is 0.170. The molecule has 0 aromatic carbocycles. The lowest BCUT2D eigenvalue weighted by atomic mass is 10.00. The van der Waals surface area contributed by atoms with E-state index in [0.29, 0.717) is 12.8 Å². The van der Waals surface area contributed by atoms with Gasteiger partial charge in [-0.1, -0.05) is 6.92 Å². The summed E-state index contributed by atoms with van der Waals surface area (Å²) >= 11 is 0. The molecule has 1 atom stereocenters. The smallest absolute Gasteiger partial charge is 0.303 e. The molecule has 0 aliphatic rings. The highest BCUT2D eigenvalue weighted by Crippen LogP contribution is 2.11. The van der Waals surface area contributed by atoms with Crippen molar-refractivity contribution in [1.29, 1.82) is 0 Å². The first kappa shape index (κ1) is 13.9. The van der Waals surface area contributed by atoms with Gasteiger partial charge in [0.2, 0.25) is 5.91 Å². The van der Waals surface area contributed by atoms with Crippen LogP contribution in [0.2, 0.25) is 0 Å². The molecule has 0 heterocycles. The average molecular weight is 215 g/mol. The lowest BCUT2D eigenvalue weighted by molar-refractivity contribution is -0.137. The molecule has 0 radical (unpaired) electrons. The molecule has 4 nitrogen and oxygen atoms in total. The van der Waals surface area contributed by atoms with Gasteiger partial charge in [-0.2, -0.15) is 0 Å². The molecule has 0 aliphatic heterocycles. The summed E-state index contributed by atoms with van der Waals surface area (Å²) in [5.74, 6) is -0.468. The van der Waals surface area contributed by atoms with Crippen molar-refractivity contribution in [1.82, 2.24) is 5.32 Å². The average Bonchev–Trinajstić information content (AvgIpc) is 2.00. The Bertz CT molecular complexity index is 214. The van der Waals surface area contributed by atoms with Crippen LogP contribution in [-0.2, 0) is 9.59 Å². The van der Waals surface area contributed by atoms with Crippen molar-refractivity contribution < 1.29 is 14.7 Å². The molecule has 0 aromatic heterocycles. The van der Waals surface area contributed by atoms with Crippen LogP contribution < -0.4 is 5.32 Å². The van der Waals surface area contributed by atoms with Gasteiger partial charge in [0.25, 0.3) is 0 Å². The zero-order chi connectivity index (χ0) is 11.8. The molecular formula is C11H21NO3. The van der Waals surface area contributed by atoms with E-state index in [-0.39, 0.29) is 24.3 Å². The quantitative estimate of drug-likeness (QED) is 0.680. The van der Waals surface area contributed by atoms with Crippen LogP contribution in [0.3, 0.4) is 0 Å². The van der Waals surface area contributed by atoms with E-state index in [1.54, 1.807) is 0 Å².